The Bertz CT molecular complexity index is 1500. The first kappa shape index (κ1) is 20.5. The summed E-state index contributed by atoms with van der Waals surface area (Å²) in [7, 11) is 0. The molecule has 0 aliphatic rings. The average Bonchev–Trinajstić information content (AvgIpc) is 3.32. The van der Waals surface area contributed by atoms with E-state index in [1.54, 1.807) is 0 Å². The minimum absolute atomic E-state index is 0.0928. The van der Waals surface area contributed by atoms with Crippen LogP contribution in [-0.4, -0.2) is 30.7 Å². The molecule has 2 aromatic carbocycles. The first-order valence-electron chi connectivity index (χ1n) is 10.6. The van der Waals surface area contributed by atoms with Crippen LogP contribution in [0.25, 0.3) is 22.2 Å². The van der Waals surface area contributed by atoms with Crippen LogP contribution in [0.2, 0.25) is 0 Å². The number of hydrogen-bond donors (Lipinski definition) is 0. The van der Waals surface area contributed by atoms with Crippen LogP contribution in [0.4, 0.5) is 0 Å². The highest BCUT2D eigenvalue weighted by molar-refractivity contribution is 7.99. The summed E-state index contributed by atoms with van der Waals surface area (Å²) >= 11 is 1.43. The smallest absolute Gasteiger partial charge is 0.196 e. The Hall–Kier alpha value is -3.38. The highest BCUT2D eigenvalue weighted by atomic mass is 32.2. The fourth-order valence-electron chi connectivity index (χ4n) is 4.39. The first-order chi connectivity index (χ1) is 15.4. The number of Topliss-reactive ketones (excluding diaryl/α,β-unsaturated/α-hetero) is 1. The zero-order valence-corrected chi connectivity index (χ0v) is 19.4. The van der Waals surface area contributed by atoms with Gasteiger partial charge in [-0.3, -0.25) is 9.20 Å². The maximum atomic E-state index is 13.2. The predicted molar refractivity (Wildman–Crippen MR) is 130 cm³/mol. The Morgan fingerprint density at radius 3 is 2.56 bits per heavy atom. The zero-order chi connectivity index (χ0) is 22.4. The van der Waals surface area contributed by atoms with Crippen molar-refractivity contribution < 1.29 is 4.79 Å². The molecule has 3 heterocycles. The van der Waals surface area contributed by atoms with E-state index in [0.717, 1.165) is 49.9 Å². The van der Waals surface area contributed by atoms with Crippen molar-refractivity contribution in [3.8, 4) is 5.69 Å². The lowest BCUT2D eigenvalue weighted by atomic mass is 10.1. The van der Waals surface area contributed by atoms with E-state index in [4.69, 9.17) is 0 Å². The van der Waals surface area contributed by atoms with E-state index in [1.165, 1.54) is 17.3 Å². The number of carbonyl (C=O) groups is 1. The van der Waals surface area contributed by atoms with Gasteiger partial charge in [0, 0.05) is 28.0 Å². The number of fused-ring (bicyclic) bond motifs is 3. The van der Waals surface area contributed by atoms with E-state index in [9.17, 15) is 4.79 Å². The molecule has 0 fully saturated rings. The maximum absolute atomic E-state index is 13.2. The summed E-state index contributed by atoms with van der Waals surface area (Å²) in [6, 6.07) is 20.6. The van der Waals surface area contributed by atoms with Gasteiger partial charge in [-0.05, 0) is 69.2 Å². The summed E-state index contributed by atoms with van der Waals surface area (Å²) < 4.78 is 4.18. The van der Waals surface area contributed by atoms with Gasteiger partial charge in [0.1, 0.15) is 0 Å². The fourth-order valence-corrected chi connectivity index (χ4v) is 5.22. The van der Waals surface area contributed by atoms with Crippen LogP contribution in [0, 0.1) is 27.7 Å². The van der Waals surface area contributed by atoms with Crippen molar-refractivity contribution in [3.05, 3.63) is 88.7 Å². The minimum Gasteiger partial charge on any atom is -0.318 e. The zero-order valence-electron chi connectivity index (χ0n) is 18.6. The molecule has 0 N–H and O–H groups in total. The Balaban J connectivity index is 1.46. The van der Waals surface area contributed by atoms with E-state index >= 15 is 0 Å². The van der Waals surface area contributed by atoms with Crippen LogP contribution >= 0.6 is 11.8 Å². The largest absolute Gasteiger partial charge is 0.318 e. The second-order valence-electron chi connectivity index (χ2n) is 8.19. The molecular weight excluding hydrogens is 416 g/mol. The van der Waals surface area contributed by atoms with E-state index in [-0.39, 0.29) is 5.78 Å². The summed E-state index contributed by atoms with van der Waals surface area (Å²) in [4.78, 5) is 13.2. The lowest BCUT2D eigenvalue weighted by Crippen LogP contribution is -2.06. The minimum atomic E-state index is 0.0928. The highest BCUT2D eigenvalue weighted by Crippen LogP contribution is 2.27. The van der Waals surface area contributed by atoms with Gasteiger partial charge in [-0.2, -0.15) is 0 Å². The summed E-state index contributed by atoms with van der Waals surface area (Å²) in [5.74, 6) is 0.399. The summed E-state index contributed by atoms with van der Waals surface area (Å²) in [6.45, 7) is 8.21. The number of aryl methyl sites for hydroxylation is 3. The van der Waals surface area contributed by atoms with Gasteiger partial charge in [0.25, 0.3) is 0 Å². The van der Waals surface area contributed by atoms with Gasteiger partial charge < -0.3 is 4.57 Å². The number of aromatic nitrogens is 4. The summed E-state index contributed by atoms with van der Waals surface area (Å²) in [5.41, 5.74) is 8.06. The molecule has 32 heavy (non-hydrogen) atoms. The highest BCUT2D eigenvalue weighted by Gasteiger charge is 2.19. The van der Waals surface area contributed by atoms with Crippen molar-refractivity contribution in [1.29, 1.82) is 0 Å². The number of pyridine rings is 1. The molecule has 0 saturated heterocycles. The van der Waals surface area contributed by atoms with E-state index < -0.39 is 0 Å². The van der Waals surface area contributed by atoms with E-state index in [0.29, 0.717) is 5.75 Å². The van der Waals surface area contributed by atoms with E-state index in [2.05, 4.69) is 58.9 Å². The van der Waals surface area contributed by atoms with Gasteiger partial charge in [0.2, 0.25) is 0 Å². The van der Waals surface area contributed by atoms with Gasteiger partial charge in [-0.1, -0.05) is 42.1 Å². The van der Waals surface area contributed by atoms with Gasteiger partial charge in [-0.15, -0.1) is 10.2 Å². The second kappa shape index (κ2) is 7.95. The van der Waals surface area contributed by atoms with Crippen molar-refractivity contribution in [3.63, 3.8) is 0 Å². The second-order valence-corrected chi connectivity index (χ2v) is 9.13. The summed E-state index contributed by atoms with van der Waals surface area (Å²) in [5, 5.41) is 10.6. The third kappa shape index (κ3) is 3.41. The molecule has 0 bridgehead atoms. The number of nitrogens with zero attached hydrogens (tertiary/aromatic N) is 4. The Morgan fingerprint density at radius 2 is 1.75 bits per heavy atom. The summed E-state index contributed by atoms with van der Waals surface area (Å²) in [6.07, 6.45) is 0. The Kier molecular flexibility index (Phi) is 5.10. The van der Waals surface area contributed by atoms with Gasteiger partial charge in [-0.25, -0.2) is 0 Å². The molecule has 0 spiro atoms. The van der Waals surface area contributed by atoms with Gasteiger partial charge in [0.05, 0.1) is 11.3 Å². The quantitative estimate of drug-likeness (QED) is 0.253. The lowest BCUT2D eigenvalue weighted by Gasteiger charge is -2.10. The van der Waals surface area contributed by atoms with Crippen molar-refractivity contribution in [2.75, 3.05) is 5.75 Å². The third-order valence-electron chi connectivity index (χ3n) is 5.90. The van der Waals surface area contributed by atoms with Crippen LogP contribution in [0.5, 0.6) is 0 Å². The number of rotatable bonds is 5. The molecule has 5 nitrogen and oxygen atoms in total. The fraction of sp³-hybridized carbons (Fsp3) is 0.192. The molecule has 0 radical (unpaired) electrons. The van der Waals surface area contributed by atoms with Crippen LogP contribution in [-0.2, 0) is 0 Å². The average molecular weight is 441 g/mol. The van der Waals surface area contributed by atoms with Crippen LogP contribution < -0.4 is 0 Å². The Morgan fingerprint density at radius 1 is 0.938 bits per heavy atom. The number of para-hydroxylation sites is 1. The monoisotopic (exact) mass is 440 g/mol. The van der Waals surface area contributed by atoms with E-state index in [1.807, 2.05) is 48.6 Å². The number of thioether (sulfide) groups is 1. The maximum Gasteiger partial charge on any atom is 0.196 e. The number of benzene rings is 2. The lowest BCUT2D eigenvalue weighted by molar-refractivity contribution is 0.102. The normalized spacial score (nSPS) is 11.5. The van der Waals surface area contributed by atoms with Crippen LogP contribution in [0.3, 0.4) is 0 Å². The molecule has 0 unspecified atom stereocenters. The molecular formula is C26H24N4OS. The first-order valence-corrected chi connectivity index (χ1v) is 11.6. The number of carbonyl (C=O) groups excluding carboxylic acids is 1. The van der Waals surface area contributed by atoms with Crippen LogP contribution in [0.1, 0.15) is 32.9 Å². The van der Waals surface area contributed by atoms with Crippen molar-refractivity contribution in [1.82, 2.24) is 19.2 Å². The standard InChI is InChI=1S/C26H24N4OS/c1-16-8-7-9-20(12-16)29-18(3)14-22(19(29)4)24(31)15-32-26-28-27-25-13-17(2)21-10-5-6-11-23(21)30(25)26/h5-14H,15H2,1-4H3. The molecule has 0 aliphatic heterocycles. The number of hydrogen-bond acceptors (Lipinski definition) is 4. The van der Waals surface area contributed by atoms with Gasteiger partial charge >= 0.3 is 0 Å². The molecule has 5 rings (SSSR count). The number of ketones is 1. The molecule has 0 aliphatic carbocycles. The molecule has 6 heteroatoms. The molecule has 3 aromatic heterocycles. The molecule has 5 aromatic rings. The third-order valence-corrected chi connectivity index (χ3v) is 6.83. The van der Waals surface area contributed by atoms with Gasteiger partial charge in [0.15, 0.2) is 16.6 Å². The predicted octanol–water partition coefficient (Wildman–Crippen LogP) is 5.88. The molecule has 160 valence electrons. The van der Waals surface area contributed by atoms with Crippen molar-refractivity contribution >= 4 is 34.1 Å². The molecule has 0 amide bonds. The SMILES string of the molecule is Cc1cccc(-n2c(C)cc(C(=O)CSc3nnc4cc(C)c5ccccc5n34)c2C)c1. The van der Waals surface area contributed by atoms with Crippen molar-refractivity contribution in [2.24, 2.45) is 0 Å². The topological polar surface area (TPSA) is 52.2 Å². The molecule has 0 atom stereocenters. The van der Waals surface area contributed by atoms with Crippen molar-refractivity contribution in [2.45, 2.75) is 32.9 Å². The molecule has 0 saturated carbocycles. The van der Waals surface area contributed by atoms with Crippen LogP contribution in [0.15, 0.2) is 65.8 Å². The Labute approximate surface area is 191 Å².